The van der Waals surface area contributed by atoms with Crippen molar-refractivity contribution in [2.45, 2.75) is 25.7 Å². The average molecular weight is 450 g/mol. The molecule has 2 heterocycles. The minimum atomic E-state index is -0.312. The second-order valence-electron chi connectivity index (χ2n) is 8.73. The molecule has 2 saturated heterocycles. The maximum absolute atomic E-state index is 13.0. The summed E-state index contributed by atoms with van der Waals surface area (Å²) < 4.78 is 5.16. The molecule has 0 saturated carbocycles. The third kappa shape index (κ3) is 5.53. The summed E-state index contributed by atoms with van der Waals surface area (Å²) in [6.07, 6.45) is 2.33. The lowest BCUT2D eigenvalue weighted by Crippen LogP contribution is -2.45. The van der Waals surface area contributed by atoms with E-state index in [0.29, 0.717) is 39.0 Å². The highest BCUT2D eigenvalue weighted by Crippen LogP contribution is 2.28. The van der Waals surface area contributed by atoms with Crippen LogP contribution in [0.25, 0.3) is 0 Å². The molecular weight excluding hydrogens is 418 g/mol. The van der Waals surface area contributed by atoms with Gasteiger partial charge in [-0.25, -0.2) is 0 Å². The van der Waals surface area contributed by atoms with Gasteiger partial charge in [-0.15, -0.1) is 0 Å². The van der Waals surface area contributed by atoms with Crippen molar-refractivity contribution < 1.29 is 19.1 Å². The van der Waals surface area contributed by atoms with Gasteiger partial charge >= 0.3 is 0 Å². The summed E-state index contributed by atoms with van der Waals surface area (Å²) in [7, 11) is 1.64. The van der Waals surface area contributed by atoms with Crippen molar-refractivity contribution in [1.82, 2.24) is 10.2 Å². The maximum Gasteiger partial charge on any atom is 0.228 e. The first-order valence-corrected chi connectivity index (χ1v) is 11.6. The minimum absolute atomic E-state index is 0.00864. The number of anilines is 1. The molecule has 0 spiro atoms. The topological polar surface area (TPSA) is 79.0 Å². The number of carbonyl (C=O) groups excluding carboxylic acids is 3. The summed E-state index contributed by atoms with van der Waals surface area (Å²) in [4.78, 5) is 41.6. The molecule has 0 aliphatic carbocycles. The zero-order valence-corrected chi connectivity index (χ0v) is 19.0. The summed E-state index contributed by atoms with van der Waals surface area (Å²) in [6.45, 7) is 2.13. The number of para-hydroxylation sites is 1. The highest BCUT2D eigenvalue weighted by Gasteiger charge is 2.38. The first kappa shape index (κ1) is 22.8. The molecular formula is C26H31N3O4. The van der Waals surface area contributed by atoms with Crippen molar-refractivity contribution in [1.29, 1.82) is 0 Å². The lowest BCUT2D eigenvalue weighted by Gasteiger charge is -2.33. The molecule has 0 aromatic heterocycles. The molecule has 2 aliphatic rings. The van der Waals surface area contributed by atoms with Crippen LogP contribution in [0.3, 0.4) is 0 Å². The van der Waals surface area contributed by atoms with E-state index in [2.05, 4.69) is 5.32 Å². The van der Waals surface area contributed by atoms with Gasteiger partial charge in [0.05, 0.1) is 13.0 Å². The fraction of sp³-hybridized carbons (Fsp3) is 0.423. The number of benzene rings is 2. The van der Waals surface area contributed by atoms with Gasteiger partial charge in [-0.3, -0.25) is 14.4 Å². The van der Waals surface area contributed by atoms with E-state index in [1.54, 1.807) is 12.0 Å². The zero-order valence-electron chi connectivity index (χ0n) is 19.0. The third-order valence-electron chi connectivity index (χ3n) is 6.59. The molecule has 7 nitrogen and oxygen atoms in total. The highest BCUT2D eigenvalue weighted by atomic mass is 16.5. The Balaban J connectivity index is 1.21. The van der Waals surface area contributed by atoms with Gasteiger partial charge in [-0.2, -0.15) is 0 Å². The summed E-state index contributed by atoms with van der Waals surface area (Å²) in [6, 6.07) is 17.3. The van der Waals surface area contributed by atoms with E-state index in [4.69, 9.17) is 4.74 Å². The zero-order chi connectivity index (χ0) is 23.2. The summed E-state index contributed by atoms with van der Waals surface area (Å²) in [5.41, 5.74) is 1.98. The Hall–Kier alpha value is -3.35. The Morgan fingerprint density at radius 3 is 2.36 bits per heavy atom. The molecule has 2 aliphatic heterocycles. The van der Waals surface area contributed by atoms with Gasteiger partial charge < -0.3 is 19.9 Å². The quantitative estimate of drug-likeness (QED) is 0.705. The molecule has 0 radical (unpaired) electrons. The Morgan fingerprint density at radius 2 is 1.70 bits per heavy atom. The predicted molar refractivity (Wildman–Crippen MR) is 126 cm³/mol. The fourth-order valence-corrected chi connectivity index (χ4v) is 4.62. The van der Waals surface area contributed by atoms with Crippen molar-refractivity contribution >= 4 is 23.4 Å². The first-order valence-electron chi connectivity index (χ1n) is 11.6. The first-order chi connectivity index (χ1) is 16.0. The molecule has 3 amide bonds. The molecule has 1 N–H and O–H groups in total. The molecule has 2 fully saturated rings. The van der Waals surface area contributed by atoms with Crippen LogP contribution in [0.1, 0.15) is 24.8 Å². The van der Waals surface area contributed by atoms with Crippen LogP contribution in [0.15, 0.2) is 54.6 Å². The minimum Gasteiger partial charge on any atom is -0.497 e. The molecule has 0 bridgehead atoms. The molecule has 1 atom stereocenters. The smallest absolute Gasteiger partial charge is 0.228 e. The van der Waals surface area contributed by atoms with Gasteiger partial charge in [-0.05, 0) is 49.1 Å². The van der Waals surface area contributed by atoms with Crippen molar-refractivity contribution in [2.24, 2.45) is 11.8 Å². The van der Waals surface area contributed by atoms with Crippen molar-refractivity contribution in [3.8, 4) is 5.75 Å². The number of nitrogens with one attached hydrogen (secondary N) is 1. The van der Waals surface area contributed by atoms with Crippen LogP contribution in [0, 0.1) is 11.8 Å². The van der Waals surface area contributed by atoms with Gasteiger partial charge in [0.2, 0.25) is 17.7 Å². The van der Waals surface area contributed by atoms with Gasteiger partial charge in [0.15, 0.2) is 0 Å². The van der Waals surface area contributed by atoms with E-state index in [-0.39, 0.29) is 36.0 Å². The molecule has 4 rings (SSSR count). The number of amides is 3. The van der Waals surface area contributed by atoms with E-state index < -0.39 is 0 Å². The number of nitrogens with zero attached hydrogens (tertiary/aromatic N) is 2. The number of hydrogen-bond acceptors (Lipinski definition) is 4. The molecule has 0 unspecified atom stereocenters. The van der Waals surface area contributed by atoms with Crippen LogP contribution in [0.4, 0.5) is 5.69 Å². The lowest BCUT2D eigenvalue weighted by molar-refractivity contribution is -0.139. The van der Waals surface area contributed by atoms with E-state index in [9.17, 15) is 14.4 Å². The van der Waals surface area contributed by atoms with Crippen LogP contribution in [-0.2, 0) is 20.8 Å². The van der Waals surface area contributed by atoms with Crippen LogP contribution in [0.5, 0.6) is 5.75 Å². The number of ether oxygens (including phenoxy) is 1. The van der Waals surface area contributed by atoms with Crippen molar-refractivity contribution in [3.05, 3.63) is 60.2 Å². The van der Waals surface area contributed by atoms with Gasteiger partial charge in [0.25, 0.3) is 0 Å². The van der Waals surface area contributed by atoms with Crippen molar-refractivity contribution in [3.63, 3.8) is 0 Å². The molecule has 2 aromatic carbocycles. The number of rotatable bonds is 7. The Morgan fingerprint density at radius 1 is 1.00 bits per heavy atom. The Bertz CT molecular complexity index is 969. The summed E-state index contributed by atoms with van der Waals surface area (Å²) in [5, 5.41) is 3.03. The van der Waals surface area contributed by atoms with Crippen molar-refractivity contribution in [2.75, 3.05) is 38.2 Å². The van der Waals surface area contributed by atoms with Crippen LogP contribution < -0.4 is 15.0 Å². The number of hydrogen-bond donors (Lipinski definition) is 1. The van der Waals surface area contributed by atoms with E-state index in [0.717, 1.165) is 23.4 Å². The summed E-state index contributed by atoms with van der Waals surface area (Å²) in [5.74, 6) is 0.509. The SMILES string of the molecule is COc1ccc(CCNC(=O)C2CCN(C(=O)[C@H]3CC(=O)N(c4ccccc4)C3)CC2)cc1. The standard InChI is InChI=1S/C26H31N3O4/c1-33-23-9-7-19(8-10-23)11-14-27-25(31)20-12-15-28(16-13-20)26(32)21-17-24(30)29(18-21)22-5-3-2-4-6-22/h2-10,20-21H,11-18H2,1H3,(H,27,31)/t21-/m0/s1. The molecule has 7 heteroatoms. The Kier molecular flexibility index (Phi) is 7.27. The second-order valence-corrected chi connectivity index (χ2v) is 8.73. The lowest BCUT2D eigenvalue weighted by atomic mass is 9.94. The highest BCUT2D eigenvalue weighted by molar-refractivity contribution is 6.00. The summed E-state index contributed by atoms with van der Waals surface area (Å²) >= 11 is 0. The second kappa shape index (κ2) is 10.5. The van der Waals surface area contributed by atoms with Gasteiger partial charge in [-0.1, -0.05) is 30.3 Å². The third-order valence-corrected chi connectivity index (χ3v) is 6.59. The largest absolute Gasteiger partial charge is 0.497 e. The van der Waals surface area contributed by atoms with E-state index in [1.165, 1.54) is 0 Å². The molecule has 33 heavy (non-hydrogen) atoms. The normalized spacial score (nSPS) is 18.9. The maximum atomic E-state index is 13.0. The molecule has 174 valence electrons. The number of carbonyl (C=O) groups is 3. The van der Waals surface area contributed by atoms with Crippen LogP contribution in [-0.4, -0.2) is 55.9 Å². The van der Waals surface area contributed by atoms with Crippen LogP contribution >= 0.6 is 0 Å². The fourth-order valence-electron chi connectivity index (χ4n) is 4.62. The number of likely N-dealkylation sites (tertiary alicyclic amines) is 1. The average Bonchev–Trinajstić information content (AvgIpc) is 3.26. The van der Waals surface area contributed by atoms with E-state index in [1.807, 2.05) is 59.5 Å². The molecule has 2 aromatic rings. The predicted octanol–water partition coefficient (Wildman–Crippen LogP) is 2.65. The van der Waals surface area contributed by atoms with Gasteiger partial charge in [0, 0.05) is 44.2 Å². The van der Waals surface area contributed by atoms with E-state index >= 15 is 0 Å². The van der Waals surface area contributed by atoms with Crippen LogP contribution in [0.2, 0.25) is 0 Å². The Labute approximate surface area is 194 Å². The monoisotopic (exact) mass is 449 g/mol. The van der Waals surface area contributed by atoms with Gasteiger partial charge in [0.1, 0.15) is 5.75 Å². The number of piperidine rings is 1. The number of methoxy groups -OCH3 is 1.